The van der Waals surface area contributed by atoms with E-state index in [1.54, 1.807) is 22.8 Å². The van der Waals surface area contributed by atoms with Gasteiger partial charge < -0.3 is 10.0 Å². The van der Waals surface area contributed by atoms with Gasteiger partial charge in [0.05, 0.1) is 5.69 Å². The van der Waals surface area contributed by atoms with E-state index in [9.17, 15) is 9.59 Å². The summed E-state index contributed by atoms with van der Waals surface area (Å²) >= 11 is 0. The zero-order valence-electron chi connectivity index (χ0n) is 13.8. The molecule has 2 rings (SSSR count). The molecule has 0 aliphatic heterocycles. The van der Waals surface area contributed by atoms with Gasteiger partial charge in [0.1, 0.15) is 0 Å². The number of carbonyl (C=O) groups is 2. The molecule has 0 spiro atoms. The van der Waals surface area contributed by atoms with E-state index in [0.717, 1.165) is 17.0 Å². The van der Waals surface area contributed by atoms with Gasteiger partial charge in [-0.25, -0.2) is 4.79 Å². The lowest BCUT2D eigenvalue weighted by molar-refractivity contribution is -0.130. The average molecular weight is 319 g/mol. The van der Waals surface area contributed by atoms with E-state index in [2.05, 4.69) is 10.2 Å². The molecule has 0 atom stereocenters. The number of aromatic carboxylic acids is 1. The van der Waals surface area contributed by atoms with Crippen molar-refractivity contribution < 1.29 is 14.7 Å². The summed E-state index contributed by atoms with van der Waals surface area (Å²) < 4.78 is 3.27. The lowest BCUT2D eigenvalue weighted by Gasteiger charge is -2.17. The number of hydrogen-bond donors (Lipinski definition) is 1. The summed E-state index contributed by atoms with van der Waals surface area (Å²) in [5.41, 5.74) is 2.99. The molecule has 0 unspecified atom stereocenters. The first-order valence-electron chi connectivity index (χ1n) is 7.29. The third kappa shape index (κ3) is 3.77. The Kier molecular flexibility index (Phi) is 4.83. The standard InChI is InChI=1S/C15H21N5O3/c1-10-12(11(2)19(4)16-10)9-18(3)14(21)6-8-20-7-5-13(17-20)15(22)23/h5,7H,6,8-9H2,1-4H3,(H,22,23). The number of carboxylic acids is 1. The molecule has 0 aliphatic rings. The highest BCUT2D eigenvalue weighted by molar-refractivity contribution is 5.85. The molecule has 2 aromatic rings. The molecule has 1 amide bonds. The Morgan fingerprint density at radius 3 is 2.52 bits per heavy atom. The van der Waals surface area contributed by atoms with Crippen LogP contribution in [0.1, 0.15) is 33.9 Å². The van der Waals surface area contributed by atoms with Crippen molar-refractivity contribution in [1.29, 1.82) is 0 Å². The molecule has 8 nitrogen and oxygen atoms in total. The summed E-state index contributed by atoms with van der Waals surface area (Å²) in [4.78, 5) is 24.7. The summed E-state index contributed by atoms with van der Waals surface area (Å²) in [6.45, 7) is 4.76. The fourth-order valence-electron chi connectivity index (χ4n) is 2.37. The van der Waals surface area contributed by atoms with E-state index in [4.69, 9.17) is 5.11 Å². The zero-order valence-corrected chi connectivity index (χ0v) is 13.8. The van der Waals surface area contributed by atoms with E-state index in [0.29, 0.717) is 13.1 Å². The number of aryl methyl sites for hydroxylation is 3. The van der Waals surface area contributed by atoms with Gasteiger partial charge in [-0.05, 0) is 19.9 Å². The predicted molar refractivity (Wildman–Crippen MR) is 83.0 cm³/mol. The lowest BCUT2D eigenvalue weighted by Crippen LogP contribution is -2.27. The minimum atomic E-state index is -1.07. The lowest BCUT2D eigenvalue weighted by atomic mass is 10.2. The van der Waals surface area contributed by atoms with Crippen molar-refractivity contribution in [2.45, 2.75) is 33.4 Å². The van der Waals surface area contributed by atoms with Crippen LogP contribution in [0, 0.1) is 13.8 Å². The van der Waals surface area contributed by atoms with Crippen molar-refractivity contribution in [2.75, 3.05) is 7.05 Å². The minimum absolute atomic E-state index is 0.0209. The quantitative estimate of drug-likeness (QED) is 0.856. The summed E-state index contributed by atoms with van der Waals surface area (Å²) in [6, 6.07) is 1.42. The molecular formula is C15H21N5O3. The smallest absolute Gasteiger partial charge is 0.356 e. The molecule has 0 saturated carbocycles. The topological polar surface area (TPSA) is 93.2 Å². The van der Waals surface area contributed by atoms with Crippen LogP contribution >= 0.6 is 0 Å². The Hall–Kier alpha value is -2.64. The molecule has 2 heterocycles. The van der Waals surface area contributed by atoms with Crippen molar-refractivity contribution >= 4 is 11.9 Å². The monoisotopic (exact) mass is 319 g/mol. The second kappa shape index (κ2) is 6.64. The number of carbonyl (C=O) groups excluding carboxylic acids is 1. The van der Waals surface area contributed by atoms with E-state index in [-0.39, 0.29) is 18.0 Å². The number of nitrogens with zero attached hydrogens (tertiary/aromatic N) is 5. The first-order chi connectivity index (χ1) is 10.8. The molecular weight excluding hydrogens is 298 g/mol. The van der Waals surface area contributed by atoms with E-state index < -0.39 is 5.97 Å². The zero-order chi connectivity index (χ0) is 17.1. The molecule has 124 valence electrons. The van der Waals surface area contributed by atoms with Gasteiger partial charge in [0.2, 0.25) is 5.91 Å². The Bertz CT molecular complexity index is 732. The highest BCUT2D eigenvalue weighted by atomic mass is 16.4. The molecule has 0 aliphatic carbocycles. The van der Waals surface area contributed by atoms with E-state index in [1.807, 2.05) is 20.9 Å². The number of hydrogen-bond acceptors (Lipinski definition) is 4. The maximum absolute atomic E-state index is 12.2. The largest absolute Gasteiger partial charge is 0.476 e. The summed E-state index contributed by atoms with van der Waals surface area (Å²) in [5.74, 6) is -1.10. The maximum atomic E-state index is 12.2. The van der Waals surface area contributed by atoms with Crippen LogP contribution < -0.4 is 0 Å². The molecule has 0 bridgehead atoms. The first-order valence-corrected chi connectivity index (χ1v) is 7.29. The van der Waals surface area contributed by atoms with Crippen molar-refractivity contribution in [3.8, 4) is 0 Å². The molecule has 23 heavy (non-hydrogen) atoms. The van der Waals surface area contributed by atoms with Crippen LogP contribution in [0.15, 0.2) is 12.3 Å². The van der Waals surface area contributed by atoms with Gasteiger partial charge in [0.25, 0.3) is 0 Å². The Balaban J connectivity index is 1.93. The van der Waals surface area contributed by atoms with Gasteiger partial charge in [-0.3, -0.25) is 14.2 Å². The minimum Gasteiger partial charge on any atom is -0.476 e. The molecule has 0 saturated heterocycles. The van der Waals surface area contributed by atoms with Crippen molar-refractivity contribution in [1.82, 2.24) is 24.5 Å². The second-order valence-electron chi connectivity index (χ2n) is 5.54. The van der Waals surface area contributed by atoms with Crippen molar-refractivity contribution in [3.63, 3.8) is 0 Å². The molecule has 0 aromatic carbocycles. The highest BCUT2D eigenvalue weighted by Gasteiger charge is 2.15. The molecule has 8 heteroatoms. The van der Waals surface area contributed by atoms with Crippen LogP contribution in [0.4, 0.5) is 0 Å². The third-order valence-corrected chi connectivity index (χ3v) is 3.89. The van der Waals surface area contributed by atoms with Crippen LogP contribution in [-0.4, -0.2) is 48.5 Å². The normalized spacial score (nSPS) is 10.8. The van der Waals surface area contributed by atoms with Crippen molar-refractivity contribution in [3.05, 3.63) is 34.9 Å². The highest BCUT2D eigenvalue weighted by Crippen LogP contribution is 2.14. The van der Waals surface area contributed by atoms with Gasteiger partial charge >= 0.3 is 5.97 Å². The van der Waals surface area contributed by atoms with Crippen LogP contribution in [0.3, 0.4) is 0 Å². The van der Waals surface area contributed by atoms with Crippen LogP contribution in [0.25, 0.3) is 0 Å². The van der Waals surface area contributed by atoms with Gasteiger partial charge in [-0.15, -0.1) is 0 Å². The van der Waals surface area contributed by atoms with Crippen LogP contribution in [0.2, 0.25) is 0 Å². The number of aromatic nitrogens is 4. The fourth-order valence-corrected chi connectivity index (χ4v) is 2.37. The van der Waals surface area contributed by atoms with Gasteiger partial charge in [0, 0.05) is 51.1 Å². The van der Waals surface area contributed by atoms with E-state index in [1.165, 1.54) is 10.7 Å². The predicted octanol–water partition coefficient (Wildman–Crippen LogP) is 0.980. The first kappa shape index (κ1) is 16.7. The summed E-state index contributed by atoms with van der Waals surface area (Å²) in [7, 11) is 3.63. The number of amides is 1. The number of carboxylic acid groups (broad SMARTS) is 1. The maximum Gasteiger partial charge on any atom is 0.356 e. The summed E-state index contributed by atoms with van der Waals surface area (Å²) in [6.07, 6.45) is 1.82. The van der Waals surface area contributed by atoms with Gasteiger partial charge in [-0.2, -0.15) is 10.2 Å². The molecule has 1 N–H and O–H groups in total. The van der Waals surface area contributed by atoms with Gasteiger partial charge in [-0.1, -0.05) is 0 Å². The molecule has 0 radical (unpaired) electrons. The Morgan fingerprint density at radius 2 is 2.00 bits per heavy atom. The third-order valence-electron chi connectivity index (χ3n) is 3.89. The van der Waals surface area contributed by atoms with Crippen LogP contribution in [0.5, 0.6) is 0 Å². The molecule has 2 aromatic heterocycles. The van der Waals surface area contributed by atoms with Crippen LogP contribution in [-0.2, 0) is 24.9 Å². The average Bonchev–Trinajstić information content (AvgIpc) is 3.05. The molecule has 0 fully saturated rings. The Morgan fingerprint density at radius 1 is 1.30 bits per heavy atom. The number of rotatable bonds is 6. The SMILES string of the molecule is Cc1nn(C)c(C)c1CN(C)C(=O)CCn1ccc(C(=O)O)n1. The fraction of sp³-hybridized carbons (Fsp3) is 0.467. The van der Waals surface area contributed by atoms with E-state index >= 15 is 0 Å². The Labute approximate surface area is 134 Å². The van der Waals surface area contributed by atoms with Crippen molar-refractivity contribution in [2.24, 2.45) is 7.05 Å². The summed E-state index contributed by atoms with van der Waals surface area (Å²) in [5, 5.41) is 17.1. The second-order valence-corrected chi connectivity index (χ2v) is 5.54. The van der Waals surface area contributed by atoms with Gasteiger partial charge in [0.15, 0.2) is 5.69 Å².